The maximum atomic E-state index is 12.9. The maximum absolute atomic E-state index is 12.9. The normalized spacial score (nSPS) is 16.3. The van der Waals surface area contributed by atoms with Crippen molar-refractivity contribution in [1.82, 2.24) is 24.0 Å². The first kappa shape index (κ1) is 19.1. The first-order valence-corrected chi connectivity index (χ1v) is 10.8. The molecule has 4 rings (SSSR count). The molecule has 0 unspecified atom stereocenters. The van der Waals surface area contributed by atoms with Crippen molar-refractivity contribution >= 4 is 21.6 Å². The van der Waals surface area contributed by atoms with Crippen molar-refractivity contribution in [1.29, 1.82) is 0 Å². The van der Waals surface area contributed by atoms with E-state index in [4.69, 9.17) is 11.6 Å². The molecule has 3 aromatic rings. The SMILES string of the molecule is O=S(=O)(c1ccccc1Cl)N1CCN(Cn2nccc2-c2cccnc2)CC1. The number of benzene rings is 1. The molecule has 1 saturated heterocycles. The number of aromatic nitrogens is 3. The quantitative estimate of drug-likeness (QED) is 0.638. The van der Waals surface area contributed by atoms with E-state index in [2.05, 4.69) is 15.0 Å². The summed E-state index contributed by atoms with van der Waals surface area (Å²) in [7, 11) is -3.59. The van der Waals surface area contributed by atoms with Gasteiger partial charge in [0.25, 0.3) is 0 Å². The van der Waals surface area contributed by atoms with Crippen LogP contribution in [0.25, 0.3) is 11.3 Å². The van der Waals surface area contributed by atoms with Gasteiger partial charge in [-0.25, -0.2) is 8.42 Å². The zero-order valence-corrected chi connectivity index (χ0v) is 16.7. The smallest absolute Gasteiger partial charge is 0.244 e. The highest BCUT2D eigenvalue weighted by atomic mass is 35.5. The summed E-state index contributed by atoms with van der Waals surface area (Å²) in [5.74, 6) is 0. The molecule has 0 spiro atoms. The molecule has 1 fully saturated rings. The summed E-state index contributed by atoms with van der Waals surface area (Å²) in [6.45, 7) is 2.66. The molecule has 7 nitrogen and oxygen atoms in total. The fourth-order valence-electron chi connectivity index (χ4n) is 3.30. The molecule has 9 heteroatoms. The van der Waals surface area contributed by atoms with Gasteiger partial charge in [0.1, 0.15) is 4.90 Å². The van der Waals surface area contributed by atoms with Gasteiger partial charge in [0.2, 0.25) is 10.0 Å². The van der Waals surface area contributed by atoms with Crippen molar-refractivity contribution in [2.24, 2.45) is 0 Å². The largest absolute Gasteiger partial charge is 0.282 e. The monoisotopic (exact) mass is 417 g/mol. The summed E-state index contributed by atoms with van der Waals surface area (Å²) in [5, 5.41) is 4.66. The lowest BCUT2D eigenvalue weighted by atomic mass is 10.2. The van der Waals surface area contributed by atoms with Gasteiger partial charge in [-0.05, 0) is 30.3 Å². The van der Waals surface area contributed by atoms with Crippen molar-refractivity contribution in [3.63, 3.8) is 0 Å². The zero-order chi connectivity index (χ0) is 19.6. The Balaban J connectivity index is 1.43. The van der Waals surface area contributed by atoms with Crippen LogP contribution in [-0.2, 0) is 16.7 Å². The summed E-state index contributed by atoms with van der Waals surface area (Å²) in [6.07, 6.45) is 5.31. The summed E-state index contributed by atoms with van der Waals surface area (Å²) >= 11 is 6.09. The fraction of sp³-hybridized carbons (Fsp3) is 0.263. The molecule has 0 amide bonds. The van der Waals surface area contributed by atoms with Gasteiger partial charge in [-0.2, -0.15) is 9.40 Å². The number of hydrogen-bond acceptors (Lipinski definition) is 5. The Kier molecular flexibility index (Phi) is 5.45. The zero-order valence-electron chi connectivity index (χ0n) is 15.1. The Morgan fingerprint density at radius 1 is 0.964 bits per heavy atom. The van der Waals surface area contributed by atoms with Crippen LogP contribution in [0.5, 0.6) is 0 Å². The van der Waals surface area contributed by atoms with Crippen LogP contribution in [0.3, 0.4) is 0 Å². The molecule has 2 aromatic heterocycles. The molecule has 0 saturated carbocycles. The van der Waals surface area contributed by atoms with Crippen LogP contribution in [0.1, 0.15) is 0 Å². The van der Waals surface area contributed by atoms with Gasteiger partial charge in [-0.1, -0.05) is 23.7 Å². The number of rotatable bonds is 5. The van der Waals surface area contributed by atoms with E-state index in [1.54, 1.807) is 36.7 Å². The van der Waals surface area contributed by atoms with Crippen LogP contribution in [0, 0.1) is 0 Å². The topological polar surface area (TPSA) is 71.3 Å². The molecule has 0 atom stereocenters. The summed E-state index contributed by atoms with van der Waals surface area (Å²) < 4.78 is 29.1. The Labute approximate surface area is 169 Å². The summed E-state index contributed by atoms with van der Waals surface area (Å²) in [4.78, 5) is 6.51. The Bertz CT molecular complexity index is 1050. The van der Waals surface area contributed by atoms with Crippen molar-refractivity contribution < 1.29 is 8.42 Å². The number of piperazine rings is 1. The second-order valence-electron chi connectivity index (χ2n) is 6.55. The predicted molar refractivity (Wildman–Crippen MR) is 107 cm³/mol. The van der Waals surface area contributed by atoms with Crippen LogP contribution in [0.2, 0.25) is 5.02 Å². The third-order valence-electron chi connectivity index (χ3n) is 4.79. The first-order valence-electron chi connectivity index (χ1n) is 8.95. The first-order chi connectivity index (χ1) is 13.6. The summed E-state index contributed by atoms with van der Waals surface area (Å²) in [5.41, 5.74) is 1.99. The third-order valence-corrected chi connectivity index (χ3v) is 7.19. The molecule has 0 N–H and O–H groups in total. The van der Waals surface area contributed by atoms with Gasteiger partial charge in [0.15, 0.2) is 0 Å². The molecule has 146 valence electrons. The fourth-order valence-corrected chi connectivity index (χ4v) is 5.21. The Hall–Kier alpha value is -2.26. The van der Waals surface area contributed by atoms with Crippen LogP contribution in [-0.4, -0.2) is 58.6 Å². The van der Waals surface area contributed by atoms with E-state index in [9.17, 15) is 8.42 Å². The number of pyridine rings is 1. The number of nitrogens with zero attached hydrogens (tertiary/aromatic N) is 5. The second-order valence-corrected chi connectivity index (χ2v) is 8.87. The van der Waals surface area contributed by atoms with Gasteiger partial charge in [-0.3, -0.25) is 14.6 Å². The maximum Gasteiger partial charge on any atom is 0.244 e. The minimum absolute atomic E-state index is 0.163. The molecule has 3 heterocycles. The molecule has 1 aromatic carbocycles. The molecule has 0 bridgehead atoms. The van der Waals surface area contributed by atoms with E-state index >= 15 is 0 Å². The Morgan fingerprint density at radius 2 is 1.75 bits per heavy atom. The van der Waals surface area contributed by atoms with Gasteiger partial charge in [0, 0.05) is 50.3 Å². The average molecular weight is 418 g/mol. The average Bonchev–Trinajstić information content (AvgIpc) is 3.17. The van der Waals surface area contributed by atoms with Crippen LogP contribution >= 0.6 is 11.6 Å². The van der Waals surface area contributed by atoms with Gasteiger partial charge in [0.05, 0.1) is 17.4 Å². The molecule has 28 heavy (non-hydrogen) atoms. The predicted octanol–water partition coefficient (Wildman–Crippen LogP) is 2.56. The minimum Gasteiger partial charge on any atom is -0.282 e. The molecule has 1 aliphatic heterocycles. The van der Waals surface area contributed by atoms with E-state index in [1.807, 2.05) is 29.1 Å². The molecule has 1 aliphatic rings. The third kappa shape index (κ3) is 3.81. The molecule has 0 radical (unpaired) electrons. The van der Waals surface area contributed by atoms with Crippen LogP contribution in [0.4, 0.5) is 0 Å². The molecular weight excluding hydrogens is 398 g/mol. The minimum atomic E-state index is -3.59. The lowest BCUT2D eigenvalue weighted by Gasteiger charge is -2.34. The molecular formula is C19H20ClN5O2S. The highest BCUT2D eigenvalue weighted by Crippen LogP contribution is 2.25. The van der Waals surface area contributed by atoms with Crippen LogP contribution < -0.4 is 0 Å². The lowest BCUT2D eigenvalue weighted by Crippen LogP contribution is -2.49. The van der Waals surface area contributed by atoms with Gasteiger partial charge in [-0.15, -0.1) is 0 Å². The molecule has 0 aliphatic carbocycles. The van der Waals surface area contributed by atoms with E-state index in [0.29, 0.717) is 32.8 Å². The number of halogens is 1. The Morgan fingerprint density at radius 3 is 2.46 bits per heavy atom. The number of sulfonamides is 1. The van der Waals surface area contributed by atoms with Gasteiger partial charge >= 0.3 is 0 Å². The summed E-state index contributed by atoms with van der Waals surface area (Å²) in [6, 6.07) is 12.4. The van der Waals surface area contributed by atoms with E-state index in [0.717, 1.165) is 11.3 Å². The van der Waals surface area contributed by atoms with Crippen molar-refractivity contribution in [3.05, 3.63) is 66.1 Å². The number of hydrogen-bond donors (Lipinski definition) is 0. The van der Waals surface area contributed by atoms with E-state index < -0.39 is 10.0 Å². The highest BCUT2D eigenvalue weighted by Gasteiger charge is 2.30. The van der Waals surface area contributed by atoms with Gasteiger partial charge < -0.3 is 0 Å². The highest BCUT2D eigenvalue weighted by molar-refractivity contribution is 7.89. The standard InChI is InChI=1S/C19H20ClN5O2S/c20-17-5-1-2-6-19(17)28(26,27)24-12-10-23(11-13-24)15-25-18(7-9-22-25)16-4-3-8-21-14-16/h1-9,14H,10-13,15H2. The van der Waals surface area contributed by atoms with Crippen molar-refractivity contribution in [2.45, 2.75) is 11.6 Å². The van der Waals surface area contributed by atoms with Crippen LogP contribution in [0.15, 0.2) is 66.0 Å². The van der Waals surface area contributed by atoms with E-state index in [1.165, 1.54) is 4.31 Å². The van der Waals surface area contributed by atoms with Crippen molar-refractivity contribution in [3.8, 4) is 11.3 Å². The lowest BCUT2D eigenvalue weighted by molar-refractivity contribution is 0.146. The second kappa shape index (κ2) is 8.00. The van der Waals surface area contributed by atoms with Crippen molar-refractivity contribution in [2.75, 3.05) is 26.2 Å². The van der Waals surface area contributed by atoms with E-state index in [-0.39, 0.29) is 9.92 Å².